The van der Waals surface area contributed by atoms with Crippen molar-refractivity contribution in [2.45, 2.75) is 25.9 Å². The Bertz CT molecular complexity index is 1230. The Morgan fingerprint density at radius 3 is 2.19 bits per heavy atom. The molecule has 1 saturated heterocycles. The van der Waals surface area contributed by atoms with Crippen molar-refractivity contribution in [2.75, 3.05) is 17.3 Å². The molecule has 0 aliphatic carbocycles. The Balaban J connectivity index is 1.39. The number of esters is 1. The first-order valence-corrected chi connectivity index (χ1v) is 12.5. The Kier molecular flexibility index (Phi) is 8.28. The van der Waals surface area contributed by atoms with E-state index in [0.717, 1.165) is 5.56 Å². The quantitative estimate of drug-likeness (QED) is 0.188. The Labute approximate surface area is 219 Å². The third kappa shape index (κ3) is 6.25. The van der Waals surface area contributed by atoms with Gasteiger partial charge >= 0.3 is 5.97 Å². The monoisotopic (exact) mass is 525 g/mol. The molecule has 0 spiro atoms. The first-order valence-electron chi connectivity index (χ1n) is 11.5. The summed E-state index contributed by atoms with van der Waals surface area (Å²) in [6.07, 6.45) is -0.858. The molecule has 0 radical (unpaired) electrons. The van der Waals surface area contributed by atoms with Gasteiger partial charge in [-0.3, -0.25) is 14.4 Å². The highest BCUT2D eigenvalue weighted by molar-refractivity contribution is 6.30. The van der Waals surface area contributed by atoms with Crippen molar-refractivity contribution in [3.05, 3.63) is 88.9 Å². The van der Waals surface area contributed by atoms with Crippen LogP contribution >= 0.6 is 23.2 Å². The number of carbonyl (C=O) groups excluding carboxylic acids is 3. The minimum absolute atomic E-state index is 0.00316. The number of alkyl halides is 1. The van der Waals surface area contributed by atoms with Crippen LogP contribution in [0.25, 0.3) is 0 Å². The molecule has 3 aromatic carbocycles. The molecule has 1 heterocycles. The molecule has 0 unspecified atom stereocenters. The summed E-state index contributed by atoms with van der Waals surface area (Å²) in [7, 11) is 0. The smallest absolute Gasteiger partial charge is 0.312 e. The lowest BCUT2D eigenvalue weighted by atomic mass is 10.0. The predicted molar refractivity (Wildman–Crippen MR) is 139 cm³/mol. The van der Waals surface area contributed by atoms with Gasteiger partial charge in [0.05, 0.1) is 5.92 Å². The number of ketones is 1. The molecule has 2 atom stereocenters. The van der Waals surface area contributed by atoms with Crippen LogP contribution in [-0.2, 0) is 14.3 Å². The lowest BCUT2D eigenvalue weighted by Gasteiger charge is -2.19. The van der Waals surface area contributed by atoms with E-state index in [-0.39, 0.29) is 37.0 Å². The molecule has 1 aliphatic rings. The molecular weight excluding hydrogens is 501 g/mol. The van der Waals surface area contributed by atoms with Gasteiger partial charge in [-0.15, -0.1) is 11.6 Å². The lowest BCUT2D eigenvalue weighted by Crippen LogP contribution is -2.32. The second-order valence-corrected chi connectivity index (χ2v) is 9.40. The number of Topliss-reactive ketones (excluding diaryl/α,β-unsaturated/α-hetero) is 1. The maximum atomic E-state index is 12.9. The number of amides is 1. The minimum Gasteiger partial charge on any atom is -0.457 e. The Morgan fingerprint density at radius 1 is 0.972 bits per heavy atom. The normalized spacial score (nSPS) is 16.0. The van der Waals surface area contributed by atoms with Crippen LogP contribution in [0.3, 0.4) is 0 Å². The number of anilines is 1. The van der Waals surface area contributed by atoms with Gasteiger partial charge in [-0.2, -0.15) is 0 Å². The molecular formula is C28H25Cl2NO5. The van der Waals surface area contributed by atoms with Crippen LogP contribution in [0.15, 0.2) is 72.8 Å². The SMILES string of the molecule is Cc1ccc(Oc2ccc(N3C[C@H](C(=O)O[C@H](CCCl)C(=O)c4ccc(Cl)cc4)CC3=O)cc2)cc1. The molecule has 8 heteroatoms. The number of hydrogen-bond donors (Lipinski definition) is 0. The molecule has 0 bridgehead atoms. The number of aryl methyl sites for hydroxylation is 1. The number of nitrogens with zero attached hydrogens (tertiary/aromatic N) is 1. The minimum atomic E-state index is -1.03. The number of rotatable bonds is 9. The van der Waals surface area contributed by atoms with E-state index < -0.39 is 18.0 Å². The van der Waals surface area contributed by atoms with Crippen LogP contribution in [0.4, 0.5) is 5.69 Å². The summed E-state index contributed by atoms with van der Waals surface area (Å²) in [4.78, 5) is 40.0. The fourth-order valence-corrected chi connectivity index (χ4v) is 4.25. The summed E-state index contributed by atoms with van der Waals surface area (Å²) in [5.41, 5.74) is 2.17. The van der Waals surface area contributed by atoms with E-state index >= 15 is 0 Å². The van der Waals surface area contributed by atoms with Gasteiger partial charge in [-0.1, -0.05) is 29.3 Å². The van der Waals surface area contributed by atoms with E-state index in [4.69, 9.17) is 32.7 Å². The van der Waals surface area contributed by atoms with Crippen molar-refractivity contribution in [1.29, 1.82) is 0 Å². The van der Waals surface area contributed by atoms with Gasteiger partial charge in [-0.05, 0) is 67.6 Å². The summed E-state index contributed by atoms with van der Waals surface area (Å²) < 4.78 is 11.4. The van der Waals surface area contributed by atoms with Gasteiger partial charge in [0.2, 0.25) is 11.7 Å². The van der Waals surface area contributed by atoms with Crippen molar-refractivity contribution in [3.8, 4) is 11.5 Å². The first-order chi connectivity index (χ1) is 17.3. The van der Waals surface area contributed by atoms with Gasteiger partial charge in [0.1, 0.15) is 11.5 Å². The van der Waals surface area contributed by atoms with Crippen LogP contribution in [0.2, 0.25) is 5.02 Å². The van der Waals surface area contributed by atoms with Gasteiger partial charge in [0.15, 0.2) is 6.10 Å². The third-order valence-electron chi connectivity index (χ3n) is 5.91. The third-order valence-corrected chi connectivity index (χ3v) is 6.38. The number of benzene rings is 3. The summed E-state index contributed by atoms with van der Waals surface area (Å²) in [5, 5.41) is 0.497. The van der Waals surface area contributed by atoms with E-state index in [0.29, 0.717) is 27.8 Å². The van der Waals surface area contributed by atoms with Crippen molar-refractivity contribution in [2.24, 2.45) is 5.92 Å². The summed E-state index contributed by atoms with van der Waals surface area (Å²) in [6.45, 7) is 2.17. The average molecular weight is 526 g/mol. The highest BCUT2D eigenvalue weighted by atomic mass is 35.5. The predicted octanol–water partition coefficient (Wildman–Crippen LogP) is 6.22. The average Bonchev–Trinajstić information content (AvgIpc) is 3.27. The van der Waals surface area contributed by atoms with Crippen LogP contribution < -0.4 is 9.64 Å². The summed E-state index contributed by atoms with van der Waals surface area (Å²) in [5.74, 6) is -0.334. The number of ether oxygens (including phenoxy) is 2. The fourth-order valence-electron chi connectivity index (χ4n) is 3.93. The van der Waals surface area contributed by atoms with E-state index in [1.165, 1.54) is 0 Å². The maximum Gasteiger partial charge on any atom is 0.312 e. The van der Waals surface area contributed by atoms with Gasteiger partial charge in [-0.25, -0.2) is 0 Å². The molecule has 3 aromatic rings. The second kappa shape index (κ2) is 11.6. The lowest BCUT2D eigenvalue weighted by molar-refractivity contribution is -0.151. The van der Waals surface area contributed by atoms with E-state index in [9.17, 15) is 14.4 Å². The van der Waals surface area contributed by atoms with Gasteiger partial charge < -0.3 is 14.4 Å². The van der Waals surface area contributed by atoms with Crippen LogP contribution in [-0.4, -0.2) is 36.2 Å². The highest BCUT2D eigenvalue weighted by Crippen LogP contribution is 2.30. The van der Waals surface area contributed by atoms with Crippen molar-refractivity contribution in [1.82, 2.24) is 0 Å². The molecule has 1 amide bonds. The zero-order valence-electron chi connectivity index (χ0n) is 19.7. The molecule has 6 nitrogen and oxygen atoms in total. The fraction of sp³-hybridized carbons (Fsp3) is 0.250. The Morgan fingerprint density at radius 2 is 1.58 bits per heavy atom. The number of hydrogen-bond acceptors (Lipinski definition) is 5. The van der Waals surface area contributed by atoms with Gasteiger partial charge in [0.25, 0.3) is 0 Å². The number of halogens is 2. The summed E-state index contributed by atoms with van der Waals surface area (Å²) >= 11 is 11.8. The molecule has 0 saturated carbocycles. The number of carbonyl (C=O) groups is 3. The van der Waals surface area contributed by atoms with E-state index in [1.54, 1.807) is 53.4 Å². The van der Waals surface area contributed by atoms with Crippen molar-refractivity contribution >= 4 is 46.5 Å². The van der Waals surface area contributed by atoms with Crippen LogP contribution in [0.5, 0.6) is 11.5 Å². The largest absolute Gasteiger partial charge is 0.457 e. The summed E-state index contributed by atoms with van der Waals surface area (Å²) in [6, 6.07) is 21.1. The van der Waals surface area contributed by atoms with Crippen LogP contribution in [0, 0.1) is 12.8 Å². The van der Waals surface area contributed by atoms with Gasteiger partial charge in [0, 0.05) is 41.5 Å². The topological polar surface area (TPSA) is 72.9 Å². The second-order valence-electron chi connectivity index (χ2n) is 8.59. The molecule has 4 rings (SSSR count). The molecule has 186 valence electrons. The maximum absolute atomic E-state index is 12.9. The molecule has 1 aliphatic heterocycles. The Hall–Kier alpha value is -3.35. The van der Waals surface area contributed by atoms with Crippen molar-refractivity contribution in [3.63, 3.8) is 0 Å². The van der Waals surface area contributed by atoms with Crippen molar-refractivity contribution < 1.29 is 23.9 Å². The first kappa shape index (κ1) is 25.7. The zero-order valence-corrected chi connectivity index (χ0v) is 21.2. The molecule has 1 fully saturated rings. The highest BCUT2D eigenvalue weighted by Gasteiger charge is 2.38. The molecule has 0 aromatic heterocycles. The van der Waals surface area contributed by atoms with E-state index in [2.05, 4.69) is 0 Å². The molecule has 36 heavy (non-hydrogen) atoms. The van der Waals surface area contributed by atoms with E-state index in [1.807, 2.05) is 31.2 Å². The van der Waals surface area contributed by atoms with Crippen LogP contribution in [0.1, 0.15) is 28.8 Å². The zero-order chi connectivity index (χ0) is 25.7. The molecule has 0 N–H and O–H groups in total. The standard InChI is InChI=1S/C28H25Cl2NO5/c1-18-2-10-23(11-3-18)35-24-12-8-22(9-13-24)31-17-20(16-26(31)32)28(34)36-25(14-15-29)27(33)19-4-6-21(30)7-5-19/h2-13,20,25H,14-17H2,1H3/t20-,25-/m1/s1.